The van der Waals surface area contributed by atoms with E-state index in [0.717, 1.165) is 39.6 Å². The second kappa shape index (κ2) is 9.17. The summed E-state index contributed by atoms with van der Waals surface area (Å²) < 4.78 is 18.9. The number of ether oxygens (including phenoxy) is 3. The molecule has 1 aliphatic heterocycles. The summed E-state index contributed by atoms with van der Waals surface area (Å²) in [5, 5.41) is 2.11. The van der Waals surface area contributed by atoms with E-state index < -0.39 is 0 Å². The smallest absolute Gasteiger partial charge is 0.203 e. The zero-order chi connectivity index (χ0) is 22.8. The number of thiophene rings is 1. The monoisotopic (exact) mass is 464 g/mol. The van der Waals surface area contributed by atoms with Gasteiger partial charge in [0.1, 0.15) is 10.6 Å². The van der Waals surface area contributed by atoms with Gasteiger partial charge in [-0.3, -0.25) is 0 Å². The minimum atomic E-state index is 0.546. The van der Waals surface area contributed by atoms with E-state index in [4.69, 9.17) is 29.0 Å². The van der Waals surface area contributed by atoms with Crippen molar-refractivity contribution < 1.29 is 24.0 Å². The molecule has 0 aliphatic carbocycles. The van der Waals surface area contributed by atoms with Gasteiger partial charge in [0, 0.05) is 24.1 Å². The summed E-state index contributed by atoms with van der Waals surface area (Å²) in [7, 11) is 4.83. The standard InChI is InChI=1S/C25H24N2O5S/c1-28-19-11-18(12-20(29-2)24(19)30-3)22-21(25-23-17(14-33-25)9-10-31-32-23)26-15-27(22)13-16-7-5-4-6-8-16/h4-8,11-12,14-15H,9-10,13H2,1-3H3. The van der Waals surface area contributed by atoms with Crippen LogP contribution in [0.5, 0.6) is 23.0 Å². The first kappa shape index (κ1) is 21.4. The quantitative estimate of drug-likeness (QED) is 0.350. The van der Waals surface area contributed by atoms with E-state index in [2.05, 4.69) is 22.1 Å². The van der Waals surface area contributed by atoms with Gasteiger partial charge in [0.15, 0.2) is 17.2 Å². The van der Waals surface area contributed by atoms with Crippen LogP contribution in [0.1, 0.15) is 11.1 Å². The zero-order valence-corrected chi connectivity index (χ0v) is 19.5. The molecular formula is C25H24N2O5S. The molecule has 0 N–H and O–H groups in total. The number of aromatic nitrogens is 2. The van der Waals surface area contributed by atoms with Crippen LogP contribution in [-0.2, 0) is 17.9 Å². The number of fused-ring (bicyclic) bond motifs is 1. The highest BCUT2D eigenvalue weighted by atomic mass is 32.1. The number of nitrogens with zero attached hydrogens (tertiary/aromatic N) is 2. The molecule has 0 radical (unpaired) electrons. The van der Waals surface area contributed by atoms with Crippen LogP contribution < -0.4 is 19.1 Å². The van der Waals surface area contributed by atoms with Crippen molar-refractivity contribution in [2.45, 2.75) is 13.0 Å². The average molecular weight is 465 g/mol. The molecule has 0 saturated heterocycles. The predicted molar refractivity (Wildman–Crippen MR) is 126 cm³/mol. The molecule has 0 spiro atoms. The van der Waals surface area contributed by atoms with Crippen LogP contribution in [0, 0.1) is 0 Å². The number of rotatable bonds is 7. The molecule has 0 amide bonds. The van der Waals surface area contributed by atoms with Gasteiger partial charge < -0.3 is 23.7 Å². The summed E-state index contributed by atoms with van der Waals surface area (Å²) in [4.78, 5) is 16.6. The van der Waals surface area contributed by atoms with Crippen molar-refractivity contribution in [1.82, 2.24) is 9.55 Å². The third-order valence-corrected chi connectivity index (χ3v) is 6.62. The van der Waals surface area contributed by atoms with Gasteiger partial charge in [-0.2, -0.15) is 4.89 Å². The Labute approximate surface area is 196 Å². The summed E-state index contributed by atoms with van der Waals surface area (Å²) in [6, 6.07) is 14.2. The van der Waals surface area contributed by atoms with Gasteiger partial charge in [-0.25, -0.2) is 4.98 Å². The summed E-state index contributed by atoms with van der Waals surface area (Å²) in [6.45, 7) is 1.20. The van der Waals surface area contributed by atoms with Gasteiger partial charge in [0.25, 0.3) is 0 Å². The van der Waals surface area contributed by atoms with Crippen LogP contribution >= 0.6 is 11.3 Å². The van der Waals surface area contributed by atoms with E-state index in [0.29, 0.717) is 30.4 Å². The Morgan fingerprint density at radius 3 is 2.48 bits per heavy atom. The summed E-state index contributed by atoms with van der Waals surface area (Å²) in [6.07, 6.45) is 2.67. The molecular weight excluding hydrogens is 440 g/mol. The van der Waals surface area contributed by atoms with E-state index in [1.165, 1.54) is 5.56 Å². The minimum Gasteiger partial charge on any atom is -0.493 e. The molecule has 2 aromatic carbocycles. The van der Waals surface area contributed by atoms with Crippen LogP contribution in [0.3, 0.4) is 0 Å². The second-order valence-corrected chi connectivity index (χ2v) is 8.42. The molecule has 0 unspecified atom stereocenters. The number of hydrogen-bond acceptors (Lipinski definition) is 7. The van der Waals surface area contributed by atoms with Crippen LogP contribution in [-0.4, -0.2) is 37.5 Å². The molecule has 0 atom stereocenters. The molecule has 1 aliphatic rings. The van der Waals surface area contributed by atoms with Crippen LogP contribution in [0.15, 0.2) is 54.2 Å². The number of imidazole rings is 1. The number of benzene rings is 2. The molecule has 0 fully saturated rings. The first-order chi connectivity index (χ1) is 16.2. The van der Waals surface area contributed by atoms with Crippen molar-refractivity contribution in [2.75, 3.05) is 27.9 Å². The van der Waals surface area contributed by atoms with Crippen LogP contribution in [0.4, 0.5) is 0 Å². The lowest BCUT2D eigenvalue weighted by Crippen LogP contribution is -2.09. The molecule has 170 valence electrons. The molecule has 0 saturated carbocycles. The Bertz CT molecular complexity index is 1240. The van der Waals surface area contributed by atoms with Gasteiger partial charge >= 0.3 is 0 Å². The topological polar surface area (TPSA) is 64.0 Å². The molecule has 2 aromatic heterocycles. The minimum absolute atomic E-state index is 0.546. The summed E-state index contributed by atoms with van der Waals surface area (Å²) in [5.41, 5.74) is 4.94. The third-order valence-electron chi connectivity index (χ3n) is 5.60. The maximum Gasteiger partial charge on any atom is 0.203 e. The summed E-state index contributed by atoms with van der Waals surface area (Å²) in [5.74, 6) is 2.45. The fourth-order valence-electron chi connectivity index (χ4n) is 4.03. The highest BCUT2D eigenvalue weighted by molar-refractivity contribution is 7.14. The van der Waals surface area contributed by atoms with Crippen molar-refractivity contribution in [1.29, 1.82) is 0 Å². The van der Waals surface area contributed by atoms with Crippen molar-refractivity contribution in [3.05, 3.63) is 65.3 Å². The number of hydrogen-bond donors (Lipinski definition) is 0. The maximum atomic E-state index is 5.62. The molecule has 3 heterocycles. The highest BCUT2D eigenvalue weighted by Gasteiger charge is 2.26. The second-order valence-electron chi connectivity index (χ2n) is 7.54. The van der Waals surface area contributed by atoms with E-state index in [1.807, 2.05) is 36.7 Å². The molecule has 0 bridgehead atoms. The maximum absolute atomic E-state index is 5.62. The van der Waals surface area contributed by atoms with Crippen molar-refractivity contribution in [3.63, 3.8) is 0 Å². The van der Waals surface area contributed by atoms with E-state index in [9.17, 15) is 0 Å². The van der Waals surface area contributed by atoms with Crippen molar-refractivity contribution in [3.8, 4) is 44.8 Å². The zero-order valence-electron chi connectivity index (χ0n) is 18.7. The summed E-state index contributed by atoms with van der Waals surface area (Å²) >= 11 is 1.61. The van der Waals surface area contributed by atoms with E-state index in [-0.39, 0.29) is 0 Å². The molecule has 7 nitrogen and oxygen atoms in total. The lowest BCUT2D eigenvalue weighted by molar-refractivity contribution is -0.214. The highest BCUT2D eigenvalue weighted by Crippen LogP contribution is 2.47. The van der Waals surface area contributed by atoms with Crippen molar-refractivity contribution >= 4 is 11.3 Å². The SMILES string of the molecule is COc1cc(-c2c(-c3scc4c3OOCC4)ncn2Cc2ccccc2)cc(OC)c1OC. The molecule has 5 rings (SSSR count). The lowest BCUT2D eigenvalue weighted by atomic mass is 10.1. The van der Waals surface area contributed by atoms with Crippen LogP contribution in [0.2, 0.25) is 0 Å². The Balaban J connectivity index is 1.71. The first-order valence-electron chi connectivity index (χ1n) is 10.5. The first-order valence-corrected chi connectivity index (χ1v) is 11.4. The Morgan fingerprint density at radius 2 is 1.79 bits per heavy atom. The Morgan fingerprint density at radius 1 is 1.03 bits per heavy atom. The molecule has 4 aromatic rings. The van der Waals surface area contributed by atoms with Gasteiger partial charge in [-0.05, 0) is 23.1 Å². The largest absolute Gasteiger partial charge is 0.493 e. The lowest BCUT2D eigenvalue weighted by Gasteiger charge is -2.17. The van der Waals surface area contributed by atoms with Gasteiger partial charge in [0.05, 0.1) is 40.0 Å². The van der Waals surface area contributed by atoms with E-state index in [1.54, 1.807) is 32.7 Å². The normalized spacial score (nSPS) is 12.7. The predicted octanol–water partition coefficient (Wildman–Crippen LogP) is 5.22. The Kier molecular flexibility index (Phi) is 5.93. The van der Waals surface area contributed by atoms with Gasteiger partial charge in [-0.15, -0.1) is 11.3 Å². The molecule has 8 heteroatoms. The number of methoxy groups -OCH3 is 3. The van der Waals surface area contributed by atoms with Gasteiger partial charge in [-0.1, -0.05) is 30.3 Å². The van der Waals surface area contributed by atoms with E-state index >= 15 is 0 Å². The fourth-order valence-corrected chi connectivity index (χ4v) is 5.05. The average Bonchev–Trinajstić information content (AvgIpc) is 3.47. The van der Waals surface area contributed by atoms with Crippen molar-refractivity contribution in [2.24, 2.45) is 0 Å². The molecule has 33 heavy (non-hydrogen) atoms. The third kappa shape index (κ3) is 3.92. The Hall–Kier alpha value is -3.49. The van der Waals surface area contributed by atoms with Gasteiger partial charge in [0.2, 0.25) is 5.75 Å². The fraction of sp³-hybridized carbons (Fsp3) is 0.240. The van der Waals surface area contributed by atoms with Crippen LogP contribution in [0.25, 0.3) is 21.8 Å².